The molecule has 0 aromatic rings. The van der Waals surface area contributed by atoms with Crippen molar-refractivity contribution < 1.29 is 0 Å². The summed E-state index contributed by atoms with van der Waals surface area (Å²) in [7, 11) is 4.08. The maximum Gasteiger partial charge on any atom is 0.166 e. The lowest BCUT2D eigenvalue weighted by atomic mass is 10.6. The number of thiocarbonyl (C=S) groups is 1. The van der Waals surface area contributed by atoms with Crippen LogP contribution in [-0.2, 0) is 0 Å². The van der Waals surface area contributed by atoms with Crippen LogP contribution in [-0.4, -0.2) is 43.7 Å². The van der Waals surface area contributed by atoms with Crippen molar-refractivity contribution in [2.24, 2.45) is 0 Å². The van der Waals surface area contributed by atoms with E-state index in [0.29, 0.717) is 0 Å². The molecule has 0 saturated heterocycles. The van der Waals surface area contributed by atoms with Gasteiger partial charge in [-0.05, 0) is 33.2 Å². The number of nitrogens with one attached hydrogen (secondary N) is 2. The first kappa shape index (κ1) is 10.7. The van der Waals surface area contributed by atoms with Gasteiger partial charge < -0.3 is 15.5 Å². The lowest BCUT2D eigenvalue weighted by Crippen LogP contribution is -2.38. The molecule has 0 radical (unpaired) electrons. The monoisotopic (exact) mass is 175 g/mol. The second-order valence-electron chi connectivity index (χ2n) is 2.59. The maximum absolute atomic E-state index is 4.96. The molecule has 66 valence electrons. The van der Waals surface area contributed by atoms with Crippen molar-refractivity contribution in [1.82, 2.24) is 15.5 Å². The summed E-state index contributed by atoms with van der Waals surface area (Å²) in [6.45, 7) is 4.82. The van der Waals surface area contributed by atoms with Crippen LogP contribution in [0.1, 0.15) is 6.92 Å². The molecule has 0 atom stereocenters. The van der Waals surface area contributed by atoms with Gasteiger partial charge >= 0.3 is 0 Å². The Morgan fingerprint density at radius 3 is 2.45 bits per heavy atom. The van der Waals surface area contributed by atoms with Crippen LogP contribution in [0.4, 0.5) is 0 Å². The fourth-order valence-corrected chi connectivity index (χ4v) is 0.862. The van der Waals surface area contributed by atoms with Gasteiger partial charge in [0.1, 0.15) is 0 Å². The van der Waals surface area contributed by atoms with Crippen LogP contribution < -0.4 is 10.6 Å². The molecule has 0 bridgehead atoms. The summed E-state index contributed by atoms with van der Waals surface area (Å²) in [5.41, 5.74) is 0. The van der Waals surface area contributed by atoms with Gasteiger partial charge in [-0.15, -0.1) is 0 Å². The molecule has 0 saturated carbocycles. The molecule has 0 aromatic carbocycles. The number of hydrogen-bond donors (Lipinski definition) is 2. The van der Waals surface area contributed by atoms with Gasteiger partial charge in [0.15, 0.2) is 5.11 Å². The third-order valence-corrected chi connectivity index (χ3v) is 1.47. The lowest BCUT2D eigenvalue weighted by molar-refractivity contribution is 0.412. The van der Waals surface area contributed by atoms with Gasteiger partial charge in [-0.2, -0.15) is 0 Å². The maximum atomic E-state index is 4.96. The van der Waals surface area contributed by atoms with Gasteiger partial charge in [0.25, 0.3) is 0 Å². The SMILES string of the molecule is CCNC(=S)NCCN(C)C. The molecule has 3 nitrogen and oxygen atoms in total. The Balaban J connectivity index is 3.17. The fraction of sp³-hybridized carbons (Fsp3) is 0.857. The van der Waals surface area contributed by atoms with Crippen LogP contribution in [0.2, 0.25) is 0 Å². The Morgan fingerprint density at radius 1 is 1.36 bits per heavy atom. The first-order valence-electron chi connectivity index (χ1n) is 3.83. The van der Waals surface area contributed by atoms with Crippen LogP contribution >= 0.6 is 12.2 Å². The minimum Gasteiger partial charge on any atom is -0.363 e. The third kappa shape index (κ3) is 7.55. The van der Waals surface area contributed by atoms with Crippen LogP contribution in [0, 0.1) is 0 Å². The van der Waals surface area contributed by atoms with E-state index in [1.54, 1.807) is 0 Å². The van der Waals surface area contributed by atoms with E-state index < -0.39 is 0 Å². The molecule has 0 spiro atoms. The molecule has 0 aliphatic heterocycles. The van der Waals surface area contributed by atoms with E-state index in [-0.39, 0.29) is 0 Å². The van der Waals surface area contributed by atoms with Crippen molar-refractivity contribution in [2.45, 2.75) is 6.92 Å². The van der Waals surface area contributed by atoms with E-state index in [2.05, 4.69) is 15.5 Å². The highest BCUT2D eigenvalue weighted by Gasteiger charge is 1.92. The summed E-state index contributed by atoms with van der Waals surface area (Å²) in [6, 6.07) is 0. The molecule has 0 aromatic heterocycles. The lowest BCUT2D eigenvalue weighted by Gasteiger charge is -2.12. The molecule has 0 rings (SSSR count). The minimum absolute atomic E-state index is 0.745. The molecule has 0 aliphatic carbocycles. The molecule has 0 fully saturated rings. The van der Waals surface area contributed by atoms with E-state index in [0.717, 1.165) is 24.7 Å². The smallest absolute Gasteiger partial charge is 0.166 e. The van der Waals surface area contributed by atoms with Crippen molar-refractivity contribution in [1.29, 1.82) is 0 Å². The zero-order valence-corrected chi connectivity index (χ0v) is 8.29. The summed E-state index contributed by atoms with van der Waals surface area (Å²) in [5, 5.41) is 6.86. The molecule has 0 amide bonds. The van der Waals surface area contributed by atoms with E-state index in [9.17, 15) is 0 Å². The Hall–Kier alpha value is -0.350. The Morgan fingerprint density at radius 2 is 2.00 bits per heavy atom. The van der Waals surface area contributed by atoms with Gasteiger partial charge in [0.05, 0.1) is 0 Å². The number of likely N-dealkylation sites (N-methyl/N-ethyl adjacent to an activating group) is 1. The highest BCUT2D eigenvalue weighted by atomic mass is 32.1. The summed E-state index contributed by atoms with van der Waals surface area (Å²) in [6.07, 6.45) is 0. The number of rotatable bonds is 4. The average molecular weight is 175 g/mol. The normalized spacial score (nSPS) is 9.82. The van der Waals surface area contributed by atoms with Crippen molar-refractivity contribution in [3.63, 3.8) is 0 Å². The topological polar surface area (TPSA) is 27.3 Å². The molecule has 0 aliphatic rings. The summed E-state index contributed by atoms with van der Waals surface area (Å²) in [5.74, 6) is 0. The first-order chi connectivity index (χ1) is 5.16. The predicted molar refractivity (Wildman–Crippen MR) is 52.8 cm³/mol. The quantitative estimate of drug-likeness (QED) is 0.590. The van der Waals surface area contributed by atoms with Gasteiger partial charge in [-0.1, -0.05) is 0 Å². The zero-order chi connectivity index (χ0) is 8.69. The van der Waals surface area contributed by atoms with Gasteiger partial charge in [0.2, 0.25) is 0 Å². The van der Waals surface area contributed by atoms with Crippen molar-refractivity contribution in [3.8, 4) is 0 Å². The number of hydrogen-bond acceptors (Lipinski definition) is 2. The molecule has 0 unspecified atom stereocenters. The Bertz CT molecular complexity index is 114. The molecule has 0 heterocycles. The third-order valence-electron chi connectivity index (χ3n) is 1.18. The largest absolute Gasteiger partial charge is 0.363 e. The Kier molecular flexibility index (Phi) is 6.16. The number of nitrogens with zero attached hydrogens (tertiary/aromatic N) is 1. The van der Waals surface area contributed by atoms with E-state index in [1.807, 2.05) is 21.0 Å². The summed E-state index contributed by atoms with van der Waals surface area (Å²) in [4.78, 5) is 2.11. The average Bonchev–Trinajstić information content (AvgIpc) is 1.87. The molecule has 11 heavy (non-hydrogen) atoms. The predicted octanol–water partition coefficient (Wildman–Crippen LogP) is 0.0320. The van der Waals surface area contributed by atoms with E-state index in [4.69, 9.17) is 12.2 Å². The van der Waals surface area contributed by atoms with Gasteiger partial charge in [0, 0.05) is 19.6 Å². The van der Waals surface area contributed by atoms with Crippen molar-refractivity contribution in [2.75, 3.05) is 33.7 Å². The van der Waals surface area contributed by atoms with Crippen molar-refractivity contribution in [3.05, 3.63) is 0 Å². The second kappa shape index (κ2) is 6.37. The van der Waals surface area contributed by atoms with Crippen LogP contribution in [0.3, 0.4) is 0 Å². The molecule has 4 heteroatoms. The highest BCUT2D eigenvalue weighted by Crippen LogP contribution is 1.71. The second-order valence-corrected chi connectivity index (χ2v) is 3.00. The standard InChI is InChI=1S/C7H17N3S/c1-4-8-7(11)9-5-6-10(2)3/h4-6H2,1-3H3,(H2,8,9,11). The highest BCUT2D eigenvalue weighted by molar-refractivity contribution is 7.80. The fourth-order valence-electron chi connectivity index (χ4n) is 0.616. The van der Waals surface area contributed by atoms with E-state index >= 15 is 0 Å². The van der Waals surface area contributed by atoms with Gasteiger partial charge in [-0.3, -0.25) is 0 Å². The molecule has 2 N–H and O–H groups in total. The molecular weight excluding hydrogens is 158 g/mol. The first-order valence-corrected chi connectivity index (χ1v) is 4.24. The van der Waals surface area contributed by atoms with Crippen LogP contribution in [0.15, 0.2) is 0 Å². The Labute approximate surface area is 74.1 Å². The molecular formula is C7H17N3S. The van der Waals surface area contributed by atoms with E-state index in [1.165, 1.54) is 0 Å². The zero-order valence-electron chi connectivity index (χ0n) is 7.48. The minimum atomic E-state index is 0.745. The summed E-state index contributed by atoms with van der Waals surface area (Å²) < 4.78 is 0. The summed E-state index contributed by atoms with van der Waals surface area (Å²) >= 11 is 4.96. The van der Waals surface area contributed by atoms with Crippen LogP contribution in [0.5, 0.6) is 0 Å². The van der Waals surface area contributed by atoms with Crippen molar-refractivity contribution >= 4 is 17.3 Å². The van der Waals surface area contributed by atoms with Crippen LogP contribution in [0.25, 0.3) is 0 Å². The van der Waals surface area contributed by atoms with Gasteiger partial charge in [-0.25, -0.2) is 0 Å².